The molecule has 0 saturated carbocycles. The van der Waals surface area contributed by atoms with Gasteiger partial charge >= 0.3 is 0 Å². The molecule has 0 amide bonds. The average Bonchev–Trinajstić information content (AvgIpc) is 3.28. The summed E-state index contributed by atoms with van der Waals surface area (Å²) in [5, 5.41) is 7.00. The Morgan fingerprint density at radius 2 is 1.04 bits per heavy atom. The van der Waals surface area contributed by atoms with Crippen LogP contribution in [-0.2, 0) is 5.54 Å². The summed E-state index contributed by atoms with van der Waals surface area (Å²) in [6.07, 6.45) is 5.77. The normalized spacial score (nSPS) is 10.7. The van der Waals surface area contributed by atoms with E-state index in [0.29, 0.717) is 0 Å². The van der Waals surface area contributed by atoms with Gasteiger partial charge in [-0.05, 0) is 16.7 Å². The van der Waals surface area contributed by atoms with Crippen LogP contribution < -0.4 is 0 Å². The first-order valence-electron chi connectivity index (χ1n) is 8.52. The molecule has 4 aromatic rings. The molecular weight excluding hydrogens is 320 g/mol. The molecule has 1 heterocycles. The van der Waals surface area contributed by atoms with E-state index in [-0.39, 0.29) is 0 Å². The predicted octanol–water partition coefficient (Wildman–Crippen LogP) is 4.33. The number of hydrogen-bond acceptors (Lipinski definition) is 2. The number of aliphatic hydroxyl groups excluding tert-OH is 1. The Labute approximate surface area is 154 Å². The smallest absolute Gasteiger partial charge is 0.121 e. The fourth-order valence-electron chi connectivity index (χ4n) is 3.44. The lowest BCUT2D eigenvalue weighted by Gasteiger charge is -2.37. The van der Waals surface area contributed by atoms with E-state index in [1.807, 2.05) is 18.7 Å². The number of imidazole rings is 1. The first-order valence-corrected chi connectivity index (χ1v) is 8.52. The van der Waals surface area contributed by atoms with Gasteiger partial charge in [0.25, 0.3) is 0 Å². The highest BCUT2D eigenvalue weighted by molar-refractivity contribution is 5.50. The summed E-state index contributed by atoms with van der Waals surface area (Å²) in [5.74, 6) is 0. The first-order chi connectivity index (χ1) is 12.9. The molecule has 0 aliphatic rings. The van der Waals surface area contributed by atoms with Gasteiger partial charge in [-0.2, -0.15) is 0 Å². The van der Waals surface area contributed by atoms with Crippen LogP contribution in [0.4, 0.5) is 0 Å². The molecule has 3 aromatic carbocycles. The van der Waals surface area contributed by atoms with E-state index < -0.39 is 5.54 Å². The van der Waals surface area contributed by atoms with E-state index in [9.17, 15) is 0 Å². The topological polar surface area (TPSA) is 38.0 Å². The van der Waals surface area contributed by atoms with E-state index in [2.05, 4.69) is 101 Å². The maximum atomic E-state index is 7.00. The first kappa shape index (κ1) is 17.6. The minimum atomic E-state index is -0.444. The van der Waals surface area contributed by atoms with E-state index in [1.54, 1.807) is 0 Å². The lowest BCUT2D eigenvalue weighted by Crippen LogP contribution is -2.36. The summed E-state index contributed by atoms with van der Waals surface area (Å²) in [4.78, 5) is 4.33. The third-order valence-corrected chi connectivity index (χ3v) is 4.47. The minimum absolute atomic E-state index is 0.444. The van der Waals surface area contributed by atoms with E-state index in [0.717, 1.165) is 7.11 Å². The van der Waals surface area contributed by atoms with Gasteiger partial charge in [0.2, 0.25) is 0 Å². The van der Waals surface area contributed by atoms with Gasteiger partial charge in [-0.15, -0.1) is 0 Å². The Bertz CT molecular complexity index is 792. The molecule has 0 aliphatic heterocycles. The van der Waals surface area contributed by atoms with Gasteiger partial charge in [0.15, 0.2) is 0 Å². The molecule has 26 heavy (non-hydrogen) atoms. The molecule has 0 spiro atoms. The number of rotatable bonds is 4. The maximum Gasteiger partial charge on any atom is 0.121 e. The van der Waals surface area contributed by atoms with Crippen molar-refractivity contribution in [1.29, 1.82) is 0 Å². The molecule has 0 aliphatic carbocycles. The second kappa shape index (κ2) is 8.28. The summed E-state index contributed by atoms with van der Waals surface area (Å²) in [6, 6.07) is 31.8. The second-order valence-corrected chi connectivity index (χ2v) is 5.78. The van der Waals surface area contributed by atoms with Crippen molar-refractivity contribution in [2.75, 3.05) is 7.11 Å². The summed E-state index contributed by atoms with van der Waals surface area (Å²) < 4.78 is 2.19. The molecule has 0 bridgehead atoms. The van der Waals surface area contributed by atoms with Crippen molar-refractivity contribution >= 4 is 0 Å². The molecule has 3 heteroatoms. The quantitative estimate of drug-likeness (QED) is 0.561. The van der Waals surface area contributed by atoms with Gasteiger partial charge in [0, 0.05) is 19.5 Å². The predicted molar refractivity (Wildman–Crippen MR) is 105 cm³/mol. The highest BCUT2D eigenvalue weighted by Gasteiger charge is 2.37. The SMILES string of the molecule is CO.c1ccc(C(c2ccccc2)(c2ccccc2)n2ccnc2)cc1. The highest BCUT2D eigenvalue weighted by atomic mass is 16.2. The number of nitrogens with zero attached hydrogens (tertiary/aromatic N) is 2. The van der Waals surface area contributed by atoms with Crippen molar-refractivity contribution < 1.29 is 5.11 Å². The second-order valence-electron chi connectivity index (χ2n) is 5.78. The van der Waals surface area contributed by atoms with Gasteiger partial charge in [-0.3, -0.25) is 0 Å². The van der Waals surface area contributed by atoms with Gasteiger partial charge in [-0.25, -0.2) is 4.98 Å². The molecule has 0 fully saturated rings. The standard InChI is InChI=1S/C22H18N2.CH4O/c1-4-10-19(11-5-1)22(24-17-16-23-18-24,20-12-6-2-7-13-20)21-14-8-3-9-15-21;1-2/h1-18H;2H,1H3. The maximum absolute atomic E-state index is 7.00. The molecule has 130 valence electrons. The van der Waals surface area contributed by atoms with Crippen LogP contribution in [0.15, 0.2) is 110 Å². The number of aliphatic hydroxyl groups is 1. The lowest BCUT2D eigenvalue weighted by atomic mass is 9.77. The van der Waals surface area contributed by atoms with Crippen molar-refractivity contribution in [3.63, 3.8) is 0 Å². The van der Waals surface area contributed by atoms with Crippen LogP contribution in [-0.4, -0.2) is 21.8 Å². The Morgan fingerprint density at radius 1 is 0.654 bits per heavy atom. The van der Waals surface area contributed by atoms with E-state index in [4.69, 9.17) is 5.11 Å². The fourth-order valence-corrected chi connectivity index (χ4v) is 3.44. The molecule has 1 N–H and O–H groups in total. The molecule has 0 atom stereocenters. The molecular formula is C23H22N2O. The van der Waals surface area contributed by atoms with Crippen LogP contribution in [0.1, 0.15) is 16.7 Å². The monoisotopic (exact) mass is 342 g/mol. The third kappa shape index (κ3) is 3.05. The average molecular weight is 342 g/mol. The minimum Gasteiger partial charge on any atom is -0.400 e. The molecule has 0 radical (unpaired) electrons. The van der Waals surface area contributed by atoms with Crippen molar-refractivity contribution in [2.24, 2.45) is 0 Å². The zero-order valence-electron chi connectivity index (χ0n) is 14.7. The Kier molecular flexibility index (Phi) is 5.62. The van der Waals surface area contributed by atoms with Crippen LogP contribution in [0.5, 0.6) is 0 Å². The fraction of sp³-hybridized carbons (Fsp3) is 0.0870. The van der Waals surface area contributed by atoms with Crippen LogP contribution >= 0.6 is 0 Å². The molecule has 3 nitrogen and oxygen atoms in total. The number of benzene rings is 3. The molecule has 0 saturated heterocycles. The van der Waals surface area contributed by atoms with Crippen LogP contribution in [0.3, 0.4) is 0 Å². The summed E-state index contributed by atoms with van der Waals surface area (Å²) in [6.45, 7) is 0. The summed E-state index contributed by atoms with van der Waals surface area (Å²) in [7, 11) is 1.00. The van der Waals surface area contributed by atoms with Crippen molar-refractivity contribution in [3.05, 3.63) is 126 Å². The van der Waals surface area contributed by atoms with Crippen molar-refractivity contribution in [3.8, 4) is 0 Å². The molecule has 0 unspecified atom stereocenters. The lowest BCUT2D eigenvalue weighted by molar-refractivity contribution is 0.399. The molecule has 4 rings (SSSR count). The Balaban J connectivity index is 0.000000948. The van der Waals surface area contributed by atoms with Crippen molar-refractivity contribution in [2.45, 2.75) is 5.54 Å². The Morgan fingerprint density at radius 3 is 1.35 bits per heavy atom. The largest absolute Gasteiger partial charge is 0.400 e. The summed E-state index contributed by atoms with van der Waals surface area (Å²) in [5.41, 5.74) is 3.18. The number of hydrogen-bond donors (Lipinski definition) is 1. The van der Waals surface area contributed by atoms with Crippen LogP contribution in [0.25, 0.3) is 0 Å². The van der Waals surface area contributed by atoms with Gasteiger partial charge in [0.05, 0.1) is 6.33 Å². The highest BCUT2D eigenvalue weighted by Crippen LogP contribution is 2.40. The Hall–Kier alpha value is -3.17. The zero-order chi connectivity index (χ0) is 18.2. The number of aromatic nitrogens is 2. The summed E-state index contributed by atoms with van der Waals surface area (Å²) >= 11 is 0. The molecule has 1 aromatic heterocycles. The van der Waals surface area contributed by atoms with Crippen LogP contribution in [0.2, 0.25) is 0 Å². The van der Waals surface area contributed by atoms with Crippen LogP contribution in [0, 0.1) is 0 Å². The third-order valence-electron chi connectivity index (χ3n) is 4.47. The van der Waals surface area contributed by atoms with E-state index in [1.165, 1.54) is 16.7 Å². The van der Waals surface area contributed by atoms with Gasteiger partial charge in [-0.1, -0.05) is 91.0 Å². The van der Waals surface area contributed by atoms with E-state index >= 15 is 0 Å². The zero-order valence-corrected chi connectivity index (χ0v) is 14.7. The van der Waals surface area contributed by atoms with Gasteiger partial charge < -0.3 is 9.67 Å². The van der Waals surface area contributed by atoms with Gasteiger partial charge in [0.1, 0.15) is 5.54 Å². The van der Waals surface area contributed by atoms with Crippen molar-refractivity contribution in [1.82, 2.24) is 9.55 Å².